The molecule has 2 amide bonds. The highest BCUT2D eigenvalue weighted by molar-refractivity contribution is 7.99. The zero-order valence-corrected chi connectivity index (χ0v) is 17.9. The highest BCUT2D eigenvalue weighted by atomic mass is 35.5. The van der Waals surface area contributed by atoms with Crippen LogP contribution in [0.15, 0.2) is 47.8 Å². The van der Waals surface area contributed by atoms with Gasteiger partial charge in [0, 0.05) is 21.8 Å². The van der Waals surface area contributed by atoms with Crippen LogP contribution in [0.5, 0.6) is 0 Å². The topological polar surface area (TPSA) is 71.1 Å². The first kappa shape index (κ1) is 21.6. The molecule has 29 heavy (non-hydrogen) atoms. The molecule has 3 rings (SSSR count). The van der Waals surface area contributed by atoms with E-state index < -0.39 is 0 Å². The third kappa shape index (κ3) is 6.43. The third-order valence-corrected chi connectivity index (χ3v) is 5.88. The van der Waals surface area contributed by atoms with E-state index in [9.17, 15) is 14.0 Å². The van der Waals surface area contributed by atoms with Gasteiger partial charge in [-0.15, -0.1) is 23.1 Å². The zero-order chi connectivity index (χ0) is 20.8. The van der Waals surface area contributed by atoms with Crippen molar-refractivity contribution in [1.82, 2.24) is 4.98 Å². The minimum absolute atomic E-state index is 0.192. The molecule has 0 saturated carbocycles. The molecule has 2 aromatic carbocycles. The minimum atomic E-state index is -0.376. The Morgan fingerprint density at radius 2 is 1.86 bits per heavy atom. The highest BCUT2D eigenvalue weighted by Crippen LogP contribution is 2.24. The van der Waals surface area contributed by atoms with E-state index >= 15 is 0 Å². The molecule has 0 fully saturated rings. The predicted molar refractivity (Wildman–Crippen MR) is 118 cm³/mol. The van der Waals surface area contributed by atoms with Gasteiger partial charge in [-0.3, -0.25) is 14.9 Å². The molecule has 5 nitrogen and oxygen atoms in total. The van der Waals surface area contributed by atoms with Crippen LogP contribution in [-0.4, -0.2) is 22.6 Å². The molecular weight excluding hydrogens is 456 g/mol. The van der Waals surface area contributed by atoms with Crippen LogP contribution < -0.4 is 10.6 Å². The predicted octanol–water partition coefficient (Wildman–Crippen LogP) is 5.71. The van der Waals surface area contributed by atoms with Crippen LogP contribution in [0, 0.1) is 5.82 Å². The molecule has 0 radical (unpaired) electrons. The summed E-state index contributed by atoms with van der Waals surface area (Å²) in [6.45, 7) is 0. The standard InChI is InChI=1S/C19H14Cl2FN3O2S2/c20-11-1-6-15(16(21)7-11)18(27)25-19-24-14(9-29-19)8-28-10-17(26)23-13-4-2-12(22)3-5-13/h1-7,9H,8,10H2,(H,23,26)(H,24,25,27). The number of carbonyl (C=O) groups excluding carboxylic acids is 2. The molecule has 0 atom stereocenters. The van der Waals surface area contributed by atoms with Gasteiger partial charge in [0.15, 0.2) is 5.13 Å². The van der Waals surface area contributed by atoms with Gasteiger partial charge < -0.3 is 5.32 Å². The number of nitrogens with zero attached hydrogens (tertiary/aromatic N) is 1. The van der Waals surface area contributed by atoms with Gasteiger partial charge in [0.2, 0.25) is 5.91 Å². The fourth-order valence-corrected chi connectivity index (χ4v) is 4.27. The van der Waals surface area contributed by atoms with Crippen LogP contribution in [-0.2, 0) is 10.5 Å². The number of hydrogen-bond acceptors (Lipinski definition) is 5. The number of benzene rings is 2. The number of rotatable bonds is 7. The number of halogens is 3. The Balaban J connectivity index is 1.47. The van der Waals surface area contributed by atoms with Crippen LogP contribution in [0.25, 0.3) is 0 Å². The average Bonchev–Trinajstić information content (AvgIpc) is 3.10. The molecule has 0 spiro atoms. The van der Waals surface area contributed by atoms with Gasteiger partial charge in [-0.05, 0) is 42.5 Å². The van der Waals surface area contributed by atoms with Crippen molar-refractivity contribution < 1.29 is 14.0 Å². The lowest BCUT2D eigenvalue weighted by atomic mass is 10.2. The first-order chi connectivity index (χ1) is 13.9. The van der Waals surface area contributed by atoms with Crippen LogP contribution in [0.4, 0.5) is 15.2 Å². The quantitative estimate of drug-likeness (QED) is 0.464. The smallest absolute Gasteiger partial charge is 0.258 e. The van der Waals surface area contributed by atoms with Crippen molar-refractivity contribution in [1.29, 1.82) is 0 Å². The number of carbonyl (C=O) groups is 2. The monoisotopic (exact) mass is 469 g/mol. The van der Waals surface area contributed by atoms with Gasteiger partial charge in [-0.1, -0.05) is 23.2 Å². The number of aromatic nitrogens is 1. The Labute approximate surface area is 184 Å². The average molecular weight is 470 g/mol. The lowest BCUT2D eigenvalue weighted by molar-refractivity contribution is -0.113. The van der Waals surface area contributed by atoms with E-state index in [1.807, 2.05) is 5.38 Å². The SMILES string of the molecule is O=C(CSCc1csc(NC(=O)c2ccc(Cl)cc2Cl)n1)Nc1ccc(F)cc1. The fraction of sp³-hybridized carbons (Fsp3) is 0.105. The van der Waals surface area contributed by atoms with Crippen LogP contribution >= 0.6 is 46.3 Å². The third-order valence-electron chi connectivity index (χ3n) is 3.56. The lowest BCUT2D eigenvalue weighted by Crippen LogP contribution is -2.14. The summed E-state index contributed by atoms with van der Waals surface area (Å²) in [4.78, 5) is 28.6. The maximum atomic E-state index is 12.9. The van der Waals surface area contributed by atoms with E-state index in [1.165, 1.54) is 53.4 Å². The molecular formula is C19H14Cl2FN3O2S2. The second-order valence-electron chi connectivity index (χ2n) is 5.77. The maximum absolute atomic E-state index is 12.9. The van der Waals surface area contributed by atoms with Crippen molar-refractivity contribution in [2.75, 3.05) is 16.4 Å². The second-order valence-corrected chi connectivity index (χ2v) is 8.46. The largest absolute Gasteiger partial charge is 0.325 e. The van der Waals surface area contributed by atoms with Crippen molar-refractivity contribution >= 4 is 68.9 Å². The Morgan fingerprint density at radius 1 is 1.10 bits per heavy atom. The molecule has 0 aliphatic rings. The molecule has 3 aromatic rings. The van der Waals surface area contributed by atoms with Gasteiger partial charge in [0.25, 0.3) is 5.91 Å². The molecule has 10 heteroatoms. The number of thioether (sulfide) groups is 1. The number of nitrogens with one attached hydrogen (secondary N) is 2. The van der Waals surface area contributed by atoms with Crippen molar-refractivity contribution in [3.63, 3.8) is 0 Å². The zero-order valence-electron chi connectivity index (χ0n) is 14.7. The van der Waals surface area contributed by atoms with Crippen molar-refractivity contribution in [2.24, 2.45) is 0 Å². The molecule has 0 bridgehead atoms. The summed E-state index contributed by atoms with van der Waals surface area (Å²) in [5.41, 5.74) is 1.59. The van der Waals surface area contributed by atoms with E-state index in [0.29, 0.717) is 27.2 Å². The van der Waals surface area contributed by atoms with E-state index in [2.05, 4.69) is 15.6 Å². The number of anilines is 2. The number of thiazole rings is 1. The van der Waals surface area contributed by atoms with Gasteiger partial charge in [0.05, 0.1) is 22.0 Å². The van der Waals surface area contributed by atoms with Crippen LogP contribution in [0.2, 0.25) is 10.0 Å². The van der Waals surface area contributed by atoms with Crippen molar-refractivity contribution in [3.8, 4) is 0 Å². The molecule has 0 aliphatic carbocycles. The summed E-state index contributed by atoms with van der Waals surface area (Å²) in [5, 5.41) is 8.34. The first-order valence-corrected chi connectivity index (χ1v) is 11.0. The Kier molecular flexibility index (Phi) is 7.49. The summed E-state index contributed by atoms with van der Waals surface area (Å²) in [6, 6.07) is 10.2. The van der Waals surface area contributed by atoms with E-state index in [0.717, 1.165) is 5.69 Å². The summed E-state index contributed by atoms with van der Waals surface area (Å²) >= 11 is 14.5. The Hall–Kier alpha value is -2.13. The van der Waals surface area contributed by atoms with E-state index in [-0.39, 0.29) is 28.4 Å². The highest BCUT2D eigenvalue weighted by Gasteiger charge is 2.13. The Morgan fingerprint density at radius 3 is 2.59 bits per heavy atom. The van der Waals surface area contributed by atoms with E-state index in [1.54, 1.807) is 12.1 Å². The minimum Gasteiger partial charge on any atom is -0.325 e. The van der Waals surface area contributed by atoms with Gasteiger partial charge in [-0.25, -0.2) is 9.37 Å². The summed E-state index contributed by atoms with van der Waals surface area (Å²) in [5.74, 6) is -0.203. The fourth-order valence-electron chi connectivity index (χ4n) is 2.25. The molecule has 150 valence electrons. The summed E-state index contributed by atoms with van der Waals surface area (Å²) in [7, 11) is 0. The Bertz CT molecular complexity index is 1030. The summed E-state index contributed by atoms with van der Waals surface area (Å²) in [6.07, 6.45) is 0. The van der Waals surface area contributed by atoms with Crippen LogP contribution in [0.1, 0.15) is 16.1 Å². The molecule has 0 saturated heterocycles. The van der Waals surface area contributed by atoms with Crippen LogP contribution in [0.3, 0.4) is 0 Å². The molecule has 0 unspecified atom stereocenters. The summed E-state index contributed by atoms with van der Waals surface area (Å²) < 4.78 is 12.9. The van der Waals surface area contributed by atoms with Crippen molar-refractivity contribution in [3.05, 3.63) is 75.0 Å². The first-order valence-electron chi connectivity index (χ1n) is 8.24. The maximum Gasteiger partial charge on any atom is 0.258 e. The lowest BCUT2D eigenvalue weighted by Gasteiger charge is -2.05. The number of hydrogen-bond donors (Lipinski definition) is 2. The molecule has 1 aromatic heterocycles. The molecule has 0 aliphatic heterocycles. The second kappa shape index (κ2) is 10.1. The molecule has 2 N–H and O–H groups in total. The van der Waals surface area contributed by atoms with Gasteiger partial charge >= 0.3 is 0 Å². The number of amides is 2. The van der Waals surface area contributed by atoms with Crippen molar-refractivity contribution in [2.45, 2.75) is 5.75 Å². The van der Waals surface area contributed by atoms with Gasteiger partial charge in [0.1, 0.15) is 5.82 Å². The van der Waals surface area contributed by atoms with Gasteiger partial charge in [-0.2, -0.15) is 0 Å². The normalized spacial score (nSPS) is 10.6. The molecule has 1 heterocycles. The van der Waals surface area contributed by atoms with E-state index in [4.69, 9.17) is 23.2 Å².